The highest BCUT2D eigenvalue weighted by molar-refractivity contribution is 5.78. The molecule has 2 unspecified atom stereocenters. The topological polar surface area (TPSA) is 44.4 Å². The van der Waals surface area contributed by atoms with E-state index in [2.05, 4.69) is 43.2 Å². The molecular formula is C17H35N3O. The zero-order chi connectivity index (χ0) is 15.7. The van der Waals surface area contributed by atoms with Crippen molar-refractivity contribution >= 4 is 5.91 Å². The quantitative estimate of drug-likeness (QED) is 0.687. The molecule has 2 atom stereocenters. The van der Waals surface area contributed by atoms with Crippen molar-refractivity contribution in [2.75, 3.05) is 26.2 Å². The van der Waals surface area contributed by atoms with Crippen LogP contribution in [0.1, 0.15) is 59.8 Å². The number of amides is 1. The first-order valence-electron chi connectivity index (χ1n) is 8.76. The Morgan fingerprint density at radius 1 is 1.29 bits per heavy atom. The van der Waals surface area contributed by atoms with Crippen molar-refractivity contribution in [3.8, 4) is 0 Å². The van der Waals surface area contributed by atoms with E-state index < -0.39 is 0 Å². The minimum atomic E-state index is 0.170. The lowest BCUT2D eigenvalue weighted by molar-refractivity contribution is -0.123. The number of likely N-dealkylation sites (N-methyl/N-ethyl adjacent to an activating group) is 1. The lowest BCUT2D eigenvalue weighted by Gasteiger charge is -2.29. The molecule has 4 heteroatoms. The predicted molar refractivity (Wildman–Crippen MR) is 89.4 cm³/mol. The molecule has 0 aromatic heterocycles. The molecule has 1 rings (SSSR count). The molecule has 1 heterocycles. The summed E-state index contributed by atoms with van der Waals surface area (Å²) < 4.78 is 0. The minimum Gasteiger partial charge on any atom is -0.353 e. The molecule has 0 spiro atoms. The van der Waals surface area contributed by atoms with Crippen molar-refractivity contribution < 1.29 is 4.79 Å². The van der Waals surface area contributed by atoms with Gasteiger partial charge in [0.05, 0.1) is 6.54 Å². The van der Waals surface area contributed by atoms with E-state index in [1.165, 1.54) is 25.7 Å². The van der Waals surface area contributed by atoms with Crippen LogP contribution in [0.2, 0.25) is 0 Å². The maximum atomic E-state index is 12.1. The van der Waals surface area contributed by atoms with Crippen LogP contribution >= 0.6 is 0 Å². The van der Waals surface area contributed by atoms with Crippen LogP contribution in [0.15, 0.2) is 0 Å². The van der Waals surface area contributed by atoms with Crippen molar-refractivity contribution in [1.29, 1.82) is 0 Å². The molecule has 1 aliphatic heterocycles. The van der Waals surface area contributed by atoms with E-state index in [1.54, 1.807) is 0 Å². The van der Waals surface area contributed by atoms with E-state index >= 15 is 0 Å². The van der Waals surface area contributed by atoms with Crippen LogP contribution in [0.25, 0.3) is 0 Å². The average molecular weight is 297 g/mol. The number of hydrogen-bond acceptors (Lipinski definition) is 3. The molecule has 0 bridgehead atoms. The Morgan fingerprint density at radius 2 is 2.05 bits per heavy atom. The van der Waals surface area contributed by atoms with Gasteiger partial charge >= 0.3 is 0 Å². The van der Waals surface area contributed by atoms with Gasteiger partial charge in [0.15, 0.2) is 0 Å². The number of nitrogens with zero attached hydrogens (tertiary/aromatic N) is 1. The van der Waals surface area contributed by atoms with Gasteiger partial charge in [0.1, 0.15) is 0 Å². The summed E-state index contributed by atoms with van der Waals surface area (Å²) >= 11 is 0. The highest BCUT2D eigenvalue weighted by Gasteiger charge is 2.18. The van der Waals surface area contributed by atoms with Gasteiger partial charge < -0.3 is 10.6 Å². The van der Waals surface area contributed by atoms with Gasteiger partial charge in [0.2, 0.25) is 5.91 Å². The fourth-order valence-electron chi connectivity index (χ4n) is 2.88. The summed E-state index contributed by atoms with van der Waals surface area (Å²) in [5, 5.41) is 6.69. The van der Waals surface area contributed by atoms with Crippen molar-refractivity contribution in [3.63, 3.8) is 0 Å². The van der Waals surface area contributed by atoms with Gasteiger partial charge in [-0.15, -0.1) is 0 Å². The first kappa shape index (κ1) is 18.4. The molecule has 4 nitrogen and oxygen atoms in total. The van der Waals surface area contributed by atoms with E-state index in [-0.39, 0.29) is 11.9 Å². The van der Waals surface area contributed by atoms with Gasteiger partial charge in [0.25, 0.3) is 0 Å². The molecule has 0 radical (unpaired) electrons. The molecule has 0 aliphatic carbocycles. The molecule has 2 N–H and O–H groups in total. The summed E-state index contributed by atoms with van der Waals surface area (Å²) in [7, 11) is 0. The number of hydrogen-bond donors (Lipinski definition) is 2. The average Bonchev–Trinajstić information content (AvgIpc) is 2.45. The molecular weight excluding hydrogens is 262 g/mol. The zero-order valence-electron chi connectivity index (χ0n) is 14.5. The predicted octanol–water partition coefficient (Wildman–Crippen LogP) is 2.39. The lowest BCUT2D eigenvalue weighted by Crippen LogP contribution is -2.47. The van der Waals surface area contributed by atoms with Crippen LogP contribution in [0.5, 0.6) is 0 Å². The van der Waals surface area contributed by atoms with Crippen molar-refractivity contribution in [2.24, 2.45) is 5.92 Å². The summed E-state index contributed by atoms with van der Waals surface area (Å²) in [5.74, 6) is 0.873. The molecule has 21 heavy (non-hydrogen) atoms. The second-order valence-corrected chi connectivity index (χ2v) is 6.91. The van der Waals surface area contributed by atoms with E-state index in [4.69, 9.17) is 0 Å². The summed E-state index contributed by atoms with van der Waals surface area (Å²) in [6.45, 7) is 12.3. The van der Waals surface area contributed by atoms with Crippen LogP contribution in [-0.4, -0.2) is 49.1 Å². The van der Waals surface area contributed by atoms with Gasteiger partial charge in [-0.25, -0.2) is 0 Å². The Hall–Kier alpha value is -0.610. The molecule has 1 saturated heterocycles. The Morgan fingerprint density at radius 3 is 2.62 bits per heavy atom. The number of carbonyl (C=O) groups excluding carboxylic acids is 1. The summed E-state index contributed by atoms with van der Waals surface area (Å²) in [6, 6.07) is 0.844. The number of nitrogens with one attached hydrogen (secondary N) is 2. The number of rotatable bonds is 9. The van der Waals surface area contributed by atoms with Crippen LogP contribution in [0.3, 0.4) is 0 Å². The molecule has 0 aromatic rings. The molecule has 1 fully saturated rings. The minimum absolute atomic E-state index is 0.170. The Kier molecular flexibility index (Phi) is 8.93. The first-order chi connectivity index (χ1) is 10.0. The van der Waals surface area contributed by atoms with Gasteiger partial charge in [-0.1, -0.05) is 27.2 Å². The van der Waals surface area contributed by atoms with Gasteiger partial charge in [-0.2, -0.15) is 0 Å². The van der Waals surface area contributed by atoms with Gasteiger partial charge in [0, 0.05) is 18.6 Å². The normalized spacial score (nSPS) is 20.8. The molecule has 0 aromatic carbocycles. The molecule has 0 saturated carbocycles. The van der Waals surface area contributed by atoms with Crippen LogP contribution in [-0.2, 0) is 4.79 Å². The molecule has 1 aliphatic rings. The Bertz CT molecular complexity index is 288. The van der Waals surface area contributed by atoms with E-state index in [9.17, 15) is 4.79 Å². The van der Waals surface area contributed by atoms with Crippen molar-refractivity contribution in [1.82, 2.24) is 15.5 Å². The molecule has 124 valence electrons. The largest absolute Gasteiger partial charge is 0.353 e. The Labute approximate surface area is 131 Å². The monoisotopic (exact) mass is 297 g/mol. The standard InChI is InChI=1S/C17H35N3O/c1-5-20(12-16-8-6-7-11-18-16)13-17(21)19-15(4)10-9-14(2)3/h14-16,18H,5-13H2,1-4H3,(H,19,21). The summed E-state index contributed by atoms with van der Waals surface area (Å²) in [4.78, 5) is 14.4. The lowest BCUT2D eigenvalue weighted by atomic mass is 10.0. The summed E-state index contributed by atoms with van der Waals surface area (Å²) in [5.41, 5.74) is 0. The fourth-order valence-corrected chi connectivity index (χ4v) is 2.88. The van der Waals surface area contributed by atoms with Crippen LogP contribution in [0, 0.1) is 5.92 Å². The highest BCUT2D eigenvalue weighted by Crippen LogP contribution is 2.09. The van der Waals surface area contributed by atoms with Crippen LogP contribution < -0.4 is 10.6 Å². The third kappa shape index (κ3) is 8.42. The second-order valence-electron chi connectivity index (χ2n) is 6.91. The van der Waals surface area contributed by atoms with Crippen molar-refractivity contribution in [2.45, 2.75) is 71.9 Å². The summed E-state index contributed by atoms with van der Waals surface area (Å²) in [6.07, 6.45) is 6.08. The zero-order valence-corrected chi connectivity index (χ0v) is 14.5. The second kappa shape index (κ2) is 10.2. The third-order valence-electron chi connectivity index (χ3n) is 4.29. The van der Waals surface area contributed by atoms with E-state index in [0.29, 0.717) is 18.5 Å². The van der Waals surface area contributed by atoms with E-state index in [0.717, 1.165) is 26.1 Å². The number of piperidine rings is 1. The van der Waals surface area contributed by atoms with Gasteiger partial charge in [-0.05, 0) is 51.6 Å². The van der Waals surface area contributed by atoms with Gasteiger partial charge in [-0.3, -0.25) is 9.69 Å². The fraction of sp³-hybridized carbons (Fsp3) is 0.941. The maximum Gasteiger partial charge on any atom is 0.234 e. The molecule has 1 amide bonds. The Balaban J connectivity index is 2.26. The van der Waals surface area contributed by atoms with E-state index in [1.807, 2.05) is 0 Å². The maximum absolute atomic E-state index is 12.1. The smallest absolute Gasteiger partial charge is 0.234 e. The highest BCUT2D eigenvalue weighted by atomic mass is 16.2. The van der Waals surface area contributed by atoms with Crippen LogP contribution in [0.4, 0.5) is 0 Å². The third-order valence-corrected chi connectivity index (χ3v) is 4.29. The first-order valence-corrected chi connectivity index (χ1v) is 8.76. The van der Waals surface area contributed by atoms with Crippen molar-refractivity contribution in [3.05, 3.63) is 0 Å². The number of carbonyl (C=O) groups is 1. The SMILES string of the molecule is CCN(CC(=O)NC(C)CCC(C)C)CC1CCCCN1.